The van der Waals surface area contributed by atoms with Crippen molar-refractivity contribution in [1.82, 2.24) is 9.88 Å². The van der Waals surface area contributed by atoms with Gasteiger partial charge in [0.15, 0.2) is 11.5 Å². The molecule has 6 nitrogen and oxygen atoms in total. The van der Waals surface area contributed by atoms with E-state index in [4.69, 9.17) is 4.74 Å². The number of ketones is 1. The lowest BCUT2D eigenvalue weighted by Gasteiger charge is -2.28. The molecule has 0 aliphatic carbocycles. The Morgan fingerprint density at radius 2 is 2.24 bits per heavy atom. The highest BCUT2D eigenvalue weighted by Gasteiger charge is 2.45. The average Bonchev–Trinajstić information content (AvgIpc) is 3.17. The molecule has 2 aliphatic heterocycles. The summed E-state index contributed by atoms with van der Waals surface area (Å²) in [6, 6.07) is 4.73. The lowest BCUT2D eigenvalue weighted by Crippen LogP contribution is -2.37. The second-order valence-corrected chi connectivity index (χ2v) is 7.03. The van der Waals surface area contributed by atoms with Gasteiger partial charge in [-0.15, -0.1) is 0 Å². The van der Waals surface area contributed by atoms with Crippen LogP contribution in [0.15, 0.2) is 35.7 Å². The van der Waals surface area contributed by atoms with Crippen LogP contribution < -0.4 is 0 Å². The average molecular weight is 344 g/mol. The van der Waals surface area contributed by atoms with Gasteiger partial charge in [-0.2, -0.15) is 0 Å². The van der Waals surface area contributed by atoms with Crippen molar-refractivity contribution >= 4 is 11.7 Å². The fraction of sp³-hybridized carbons (Fsp3) is 0.526. The number of hydrogen-bond donors (Lipinski definition) is 1. The highest BCUT2D eigenvalue weighted by Crippen LogP contribution is 2.38. The summed E-state index contributed by atoms with van der Waals surface area (Å²) in [5.41, 5.74) is 0.750. The summed E-state index contributed by atoms with van der Waals surface area (Å²) >= 11 is 0. The summed E-state index contributed by atoms with van der Waals surface area (Å²) in [5, 5.41) is 10.4. The van der Waals surface area contributed by atoms with E-state index in [0.29, 0.717) is 18.8 Å². The zero-order valence-electron chi connectivity index (χ0n) is 14.6. The molecule has 1 aromatic rings. The van der Waals surface area contributed by atoms with Crippen molar-refractivity contribution in [2.24, 2.45) is 5.92 Å². The van der Waals surface area contributed by atoms with Gasteiger partial charge in [0, 0.05) is 25.8 Å². The van der Waals surface area contributed by atoms with Gasteiger partial charge < -0.3 is 14.7 Å². The summed E-state index contributed by atoms with van der Waals surface area (Å²) in [6.07, 6.45) is 3.67. The van der Waals surface area contributed by atoms with Gasteiger partial charge in [-0.25, -0.2) is 0 Å². The minimum atomic E-state index is -0.649. The Labute approximate surface area is 147 Å². The number of rotatable bonds is 6. The fourth-order valence-corrected chi connectivity index (χ4v) is 3.46. The molecular formula is C19H24N2O4. The van der Waals surface area contributed by atoms with Crippen molar-refractivity contribution in [3.8, 4) is 0 Å². The summed E-state index contributed by atoms with van der Waals surface area (Å²) in [5.74, 6) is -1.02. The molecule has 2 aliphatic rings. The Balaban J connectivity index is 1.96. The number of hydrogen-bond acceptors (Lipinski definition) is 5. The Hall–Kier alpha value is -2.21. The second-order valence-electron chi connectivity index (χ2n) is 7.03. The van der Waals surface area contributed by atoms with Gasteiger partial charge in [0.25, 0.3) is 5.91 Å². The number of Topliss-reactive ketones (excluding diaryl/α,β-unsaturated/α-hetero) is 1. The fourth-order valence-electron chi connectivity index (χ4n) is 3.46. The molecule has 0 spiro atoms. The van der Waals surface area contributed by atoms with Gasteiger partial charge >= 0.3 is 0 Å². The standard InChI is InChI=1S/C19H24N2O4/c1-12(2)10-15(22)16-17(14-7-3-4-8-20-14)21(19(24)18(16)23)11-13-6-5-9-25-13/h3-4,7-8,12-13,17,23H,5-6,9-11H2,1-2H3. The molecule has 3 rings (SSSR count). The van der Waals surface area contributed by atoms with Crippen LogP contribution in [0.2, 0.25) is 0 Å². The summed E-state index contributed by atoms with van der Waals surface area (Å²) < 4.78 is 5.64. The van der Waals surface area contributed by atoms with Crippen LogP contribution in [-0.4, -0.2) is 45.9 Å². The molecule has 25 heavy (non-hydrogen) atoms. The van der Waals surface area contributed by atoms with Crippen LogP contribution in [-0.2, 0) is 14.3 Å². The van der Waals surface area contributed by atoms with Crippen LogP contribution in [0.25, 0.3) is 0 Å². The Morgan fingerprint density at radius 1 is 1.44 bits per heavy atom. The molecule has 0 radical (unpaired) electrons. The number of amides is 1. The van der Waals surface area contributed by atoms with Gasteiger partial charge in [-0.1, -0.05) is 19.9 Å². The molecule has 0 bridgehead atoms. The maximum Gasteiger partial charge on any atom is 0.290 e. The van der Waals surface area contributed by atoms with Crippen molar-refractivity contribution in [2.75, 3.05) is 13.2 Å². The van der Waals surface area contributed by atoms with Crippen LogP contribution >= 0.6 is 0 Å². The van der Waals surface area contributed by atoms with Gasteiger partial charge in [0.1, 0.15) is 6.04 Å². The first-order valence-corrected chi connectivity index (χ1v) is 8.79. The van der Waals surface area contributed by atoms with Gasteiger partial charge in [-0.05, 0) is 30.9 Å². The minimum Gasteiger partial charge on any atom is -0.503 e. The first kappa shape index (κ1) is 17.6. The molecule has 2 atom stereocenters. The quantitative estimate of drug-likeness (QED) is 0.858. The van der Waals surface area contributed by atoms with E-state index >= 15 is 0 Å². The predicted molar refractivity (Wildman–Crippen MR) is 91.8 cm³/mol. The molecule has 1 N–H and O–H groups in total. The zero-order valence-corrected chi connectivity index (χ0v) is 14.6. The first-order valence-electron chi connectivity index (χ1n) is 8.79. The van der Waals surface area contributed by atoms with Crippen molar-refractivity contribution in [3.63, 3.8) is 0 Å². The molecule has 1 saturated heterocycles. The summed E-state index contributed by atoms with van der Waals surface area (Å²) in [4.78, 5) is 31.2. The number of pyridine rings is 1. The highest BCUT2D eigenvalue weighted by atomic mass is 16.5. The van der Waals surface area contributed by atoms with Gasteiger partial charge in [0.05, 0.1) is 17.4 Å². The lowest BCUT2D eigenvalue weighted by atomic mass is 9.94. The summed E-state index contributed by atoms with van der Waals surface area (Å²) in [6.45, 7) is 4.90. The minimum absolute atomic E-state index is 0.0671. The second kappa shape index (κ2) is 7.35. The van der Waals surface area contributed by atoms with E-state index in [2.05, 4.69) is 4.98 Å². The number of aliphatic hydroxyl groups is 1. The van der Waals surface area contributed by atoms with Gasteiger partial charge in [0.2, 0.25) is 0 Å². The van der Waals surface area contributed by atoms with Crippen LogP contribution in [0.4, 0.5) is 0 Å². The maximum atomic E-state index is 12.7. The topological polar surface area (TPSA) is 79.7 Å². The number of nitrogens with zero attached hydrogens (tertiary/aromatic N) is 2. The molecule has 2 unspecified atom stereocenters. The molecule has 1 amide bonds. The number of carbonyl (C=O) groups excluding carboxylic acids is 2. The van der Waals surface area contributed by atoms with Crippen LogP contribution in [0.1, 0.15) is 44.8 Å². The van der Waals surface area contributed by atoms with E-state index in [-0.39, 0.29) is 29.8 Å². The monoisotopic (exact) mass is 344 g/mol. The smallest absolute Gasteiger partial charge is 0.290 e. The third-order valence-corrected chi connectivity index (χ3v) is 4.59. The SMILES string of the molecule is CC(C)CC(=O)C1=C(O)C(=O)N(CC2CCCO2)C1c1ccccn1. The molecule has 134 valence electrons. The molecule has 3 heterocycles. The van der Waals surface area contributed by atoms with E-state index in [1.54, 1.807) is 18.3 Å². The van der Waals surface area contributed by atoms with Crippen molar-refractivity contribution < 1.29 is 19.4 Å². The molecule has 1 aromatic heterocycles. The third-order valence-electron chi connectivity index (χ3n) is 4.59. The van der Waals surface area contributed by atoms with Gasteiger partial charge in [-0.3, -0.25) is 14.6 Å². The normalized spacial score (nSPS) is 23.8. The van der Waals surface area contributed by atoms with E-state index in [1.807, 2.05) is 19.9 Å². The lowest BCUT2D eigenvalue weighted by molar-refractivity contribution is -0.131. The number of aromatic nitrogens is 1. The predicted octanol–water partition coefficient (Wildman–Crippen LogP) is 2.57. The Bertz CT molecular complexity index is 678. The van der Waals surface area contributed by atoms with E-state index in [1.165, 1.54) is 4.90 Å². The number of aliphatic hydroxyl groups excluding tert-OH is 1. The van der Waals surface area contributed by atoms with E-state index in [0.717, 1.165) is 12.8 Å². The van der Waals surface area contributed by atoms with Crippen LogP contribution in [0, 0.1) is 5.92 Å². The van der Waals surface area contributed by atoms with Crippen molar-refractivity contribution in [1.29, 1.82) is 0 Å². The molecular weight excluding hydrogens is 320 g/mol. The van der Waals surface area contributed by atoms with Crippen LogP contribution in [0.5, 0.6) is 0 Å². The maximum absolute atomic E-state index is 12.7. The summed E-state index contributed by atoms with van der Waals surface area (Å²) in [7, 11) is 0. The molecule has 0 aromatic carbocycles. The molecule has 0 saturated carbocycles. The molecule has 6 heteroatoms. The third kappa shape index (κ3) is 3.58. The van der Waals surface area contributed by atoms with Crippen LogP contribution in [0.3, 0.4) is 0 Å². The Morgan fingerprint density at radius 3 is 2.84 bits per heavy atom. The first-order chi connectivity index (χ1) is 12.0. The van der Waals surface area contributed by atoms with Crippen molar-refractivity contribution in [2.45, 2.75) is 45.3 Å². The number of carbonyl (C=O) groups is 2. The zero-order chi connectivity index (χ0) is 18.0. The Kier molecular flexibility index (Phi) is 5.18. The number of ether oxygens (including phenoxy) is 1. The largest absolute Gasteiger partial charge is 0.503 e. The van der Waals surface area contributed by atoms with E-state index in [9.17, 15) is 14.7 Å². The molecule has 1 fully saturated rings. The van der Waals surface area contributed by atoms with E-state index < -0.39 is 17.7 Å². The highest BCUT2D eigenvalue weighted by molar-refractivity contribution is 6.08. The van der Waals surface area contributed by atoms with Crippen molar-refractivity contribution in [3.05, 3.63) is 41.4 Å².